The van der Waals surface area contributed by atoms with E-state index in [1.54, 1.807) is 0 Å². The Hall–Kier alpha value is -4.20. The second kappa shape index (κ2) is 11.4. The highest BCUT2D eigenvalue weighted by molar-refractivity contribution is 5.79. The molecule has 3 aliphatic rings. The number of carbonyl (C=O) groups excluding carboxylic acids is 1. The second-order valence-electron chi connectivity index (χ2n) is 11.2. The summed E-state index contributed by atoms with van der Waals surface area (Å²) < 4.78 is 18.1. The molecule has 3 aromatic carbocycles. The van der Waals surface area contributed by atoms with Gasteiger partial charge in [-0.1, -0.05) is 24.3 Å². The van der Waals surface area contributed by atoms with E-state index in [0.29, 0.717) is 26.2 Å². The van der Waals surface area contributed by atoms with E-state index in [1.165, 1.54) is 0 Å². The number of nitrogens with one attached hydrogen (secondary N) is 1. The molecule has 0 radical (unpaired) electrons. The molecular formula is C33H36N2O6. The molecule has 8 heteroatoms. The van der Waals surface area contributed by atoms with Crippen LogP contribution in [0.4, 0.5) is 5.69 Å². The average Bonchev–Trinajstić information content (AvgIpc) is 3.65. The predicted molar refractivity (Wildman–Crippen MR) is 156 cm³/mol. The highest BCUT2D eigenvalue weighted by Gasteiger charge is 2.30. The number of anilines is 1. The van der Waals surface area contributed by atoms with Gasteiger partial charge in [-0.3, -0.25) is 9.59 Å². The number of hydrogen-bond donors (Lipinski definition) is 2. The summed E-state index contributed by atoms with van der Waals surface area (Å²) in [5.41, 5.74) is 7.41. The number of likely N-dealkylation sites (tertiary alicyclic amines) is 1. The number of carbonyl (C=O) groups is 2. The zero-order valence-corrected chi connectivity index (χ0v) is 23.6. The summed E-state index contributed by atoms with van der Waals surface area (Å²) in [7, 11) is 0. The SMILES string of the molecule is Cc1cc(OCCCN2CCCC2=O)cc(C)c1-c1cccc2c1OC[C@H]2Nc1ccc2c(c1)OC[C@H]2CC(=O)O. The topological polar surface area (TPSA) is 97.3 Å². The van der Waals surface area contributed by atoms with E-state index in [2.05, 4.69) is 49.5 Å². The van der Waals surface area contributed by atoms with Crippen LogP contribution in [-0.4, -0.2) is 54.8 Å². The van der Waals surface area contributed by atoms with Gasteiger partial charge in [0.15, 0.2) is 0 Å². The van der Waals surface area contributed by atoms with Crippen molar-refractivity contribution in [3.63, 3.8) is 0 Å². The van der Waals surface area contributed by atoms with Crippen molar-refractivity contribution in [1.29, 1.82) is 0 Å². The monoisotopic (exact) mass is 556 g/mol. The molecule has 8 nitrogen and oxygen atoms in total. The molecule has 1 amide bonds. The van der Waals surface area contributed by atoms with Gasteiger partial charge in [-0.2, -0.15) is 0 Å². The maximum absolute atomic E-state index is 11.8. The Morgan fingerprint density at radius 2 is 1.90 bits per heavy atom. The number of fused-ring (bicyclic) bond motifs is 2. The number of aryl methyl sites for hydroxylation is 2. The molecule has 0 aromatic heterocycles. The van der Waals surface area contributed by atoms with E-state index in [1.807, 2.05) is 23.1 Å². The number of carboxylic acid groups (broad SMARTS) is 1. The number of nitrogens with zero attached hydrogens (tertiary/aromatic N) is 1. The third-order valence-corrected chi connectivity index (χ3v) is 8.26. The van der Waals surface area contributed by atoms with Crippen LogP contribution in [0.5, 0.6) is 17.2 Å². The molecule has 1 saturated heterocycles. The molecule has 6 rings (SSSR count). The van der Waals surface area contributed by atoms with Crippen LogP contribution in [0.2, 0.25) is 0 Å². The van der Waals surface area contributed by atoms with Gasteiger partial charge >= 0.3 is 5.97 Å². The Morgan fingerprint density at radius 3 is 2.66 bits per heavy atom. The maximum atomic E-state index is 11.8. The van der Waals surface area contributed by atoms with Gasteiger partial charge in [0.25, 0.3) is 0 Å². The van der Waals surface area contributed by atoms with Crippen LogP contribution >= 0.6 is 0 Å². The zero-order valence-electron chi connectivity index (χ0n) is 23.6. The van der Waals surface area contributed by atoms with Crippen molar-refractivity contribution in [2.45, 2.75) is 51.5 Å². The molecule has 1 fully saturated rings. The summed E-state index contributed by atoms with van der Waals surface area (Å²) >= 11 is 0. The van der Waals surface area contributed by atoms with Crippen LogP contribution in [0.25, 0.3) is 11.1 Å². The van der Waals surface area contributed by atoms with Crippen molar-refractivity contribution in [1.82, 2.24) is 4.90 Å². The lowest BCUT2D eigenvalue weighted by Gasteiger charge is -2.18. The molecule has 3 aliphatic heterocycles. The third kappa shape index (κ3) is 5.56. The van der Waals surface area contributed by atoms with Crippen molar-refractivity contribution in [3.8, 4) is 28.4 Å². The Kier molecular flexibility index (Phi) is 7.47. The quantitative estimate of drug-likeness (QED) is 0.302. The Balaban J connectivity index is 1.15. The van der Waals surface area contributed by atoms with Crippen molar-refractivity contribution >= 4 is 17.6 Å². The van der Waals surface area contributed by atoms with E-state index in [0.717, 1.165) is 82.2 Å². The number of ether oxygens (including phenoxy) is 3. The first-order chi connectivity index (χ1) is 19.9. The minimum absolute atomic E-state index is 0.0232. The summed E-state index contributed by atoms with van der Waals surface area (Å²) in [4.78, 5) is 24.9. The van der Waals surface area contributed by atoms with Gasteiger partial charge in [-0.15, -0.1) is 0 Å². The van der Waals surface area contributed by atoms with Crippen LogP contribution in [0.3, 0.4) is 0 Å². The first kappa shape index (κ1) is 27.0. The van der Waals surface area contributed by atoms with Crippen molar-refractivity contribution in [2.75, 3.05) is 38.2 Å². The number of rotatable bonds is 10. The van der Waals surface area contributed by atoms with E-state index >= 15 is 0 Å². The van der Waals surface area contributed by atoms with Crippen molar-refractivity contribution in [3.05, 3.63) is 70.8 Å². The second-order valence-corrected chi connectivity index (χ2v) is 11.2. The number of para-hydroxylation sites is 1. The van der Waals surface area contributed by atoms with Gasteiger partial charge in [0.05, 0.1) is 25.7 Å². The highest BCUT2D eigenvalue weighted by atomic mass is 16.5. The lowest BCUT2D eigenvalue weighted by molar-refractivity contribution is -0.137. The minimum atomic E-state index is -0.816. The first-order valence-electron chi connectivity index (χ1n) is 14.4. The summed E-state index contributed by atoms with van der Waals surface area (Å²) in [5.74, 6) is 1.80. The number of benzene rings is 3. The van der Waals surface area contributed by atoms with Gasteiger partial charge in [-0.05, 0) is 61.6 Å². The molecule has 2 atom stereocenters. The summed E-state index contributed by atoms with van der Waals surface area (Å²) in [6.07, 6.45) is 2.52. The third-order valence-electron chi connectivity index (χ3n) is 8.26. The molecule has 0 saturated carbocycles. The Morgan fingerprint density at radius 1 is 1.07 bits per heavy atom. The molecule has 3 aromatic rings. The van der Waals surface area contributed by atoms with Crippen LogP contribution in [0.15, 0.2) is 48.5 Å². The highest BCUT2D eigenvalue weighted by Crippen LogP contribution is 2.45. The first-order valence-corrected chi connectivity index (χ1v) is 14.4. The summed E-state index contributed by atoms with van der Waals surface area (Å²) in [5, 5.41) is 12.8. The van der Waals surface area contributed by atoms with Gasteiger partial charge in [0, 0.05) is 53.9 Å². The van der Waals surface area contributed by atoms with E-state index < -0.39 is 5.97 Å². The van der Waals surface area contributed by atoms with Gasteiger partial charge in [0.1, 0.15) is 23.9 Å². The van der Waals surface area contributed by atoms with Gasteiger partial charge in [0.2, 0.25) is 5.91 Å². The normalized spacial score (nSPS) is 19.0. The smallest absolute Gasteiger partial charge is 0.304 e. The molecule has 2 N–H and O–H groups in total. The summed E-state index contributed by atoms with van der Waals surface area (Å²) in [6, 6.07) is 16.3. The number of amides is 1. The van der Waals surface area contributed by atoms with Gasteiger partial charge < -0.3 is 29.5 Å². The average molecular weight is 557 g/mol. The Labute approximate surface area is 240 Å². The van der Waals surface area contributed by atoms with E-state index in [4.69, 9.17) is 14.2 Å². The summed E-state index contributed by atoms with van der Waals surface area (Å²) in [6.45, 7) is 7.29. The van der Waals surface area contributed by atoms with Crippen LogP contribution in [0.1, 0.15) is 59.9 Å². The molecule has 214 valence electrons. The number of carboxylic acids is 1. The fourth-order valence-corrected chi connectivity index (χ4v) is 6.33. The van der Waals surface area contributed by atoms with E-state index in [9.17, 15) is 14.7 Å². The lowest BCUT2D eigenvalue weighted by Crippen LogP contribution is -2.26. The molecular weight excluding hydrogens is 520 g/mol. The minimum Gasteiger partial charge on any atom is -0.494 e. The Bertz CT molecular complexity index is 1460. The van der Waals surface area contributed by atoms with E-state index in [-0.39, 0.29) is 24.3 Å². The zero-order chi connectivity index (χ0) is 28.5. The predicted octanol–water partition coefficient (Wildman–Crippen LogP) is 5.86. The molecule has 0 bridgehead atoms. The largest absolute Gasteiger partial charge is 0.494 e. The fraction of sp³-hybridized carbons (Fsp3) is 0.394. The van der Waals surface area contributed by atoms with Crippen molar-refractivity contribution < 1.29 is 28.9 Å². The number of aliphatic carboxylic acids is 1. The van der Waals surface area contributed by atoms with Crippen LogP contribution < -0.4 is 19.5 Å². The fourth-order valence-electron chi connectivity index (χ4n) is 6.33. The van der Waals surface area contributed by atoms with Crippen LogP contribution in [-0.2, 0) is 9.59 Å². The molecule has 3 heterocycles. The molecule has 41 heavy (non-hydrogen) atoms. The van der Waals surface area contributed by atoms with Crippen molar-refractivity contribution in [2.24, 2.45) is 0 Å². The van der Waals surface area contributed by atoms with Crippen LogP contribution in [0, 0.1) is 13.8 Å². The molecule has 0 unspecified atom stereocenters. The molecule has 0 spiro atoms. The standard InChI is InChI=1S/C33H36N2O6/c1-20-14-24(39-13-5-12-35-11-4-8-30(35)36)15-21(2)32(20)27-7-3-6-26-28(19-41-33(26)27)34-23-9-10-25-22(16-31(37)38)18-40-29(25)17-23/h3,6-7,9-10,14-15,17,22,28,34H,4-5,8,11-13,16,18-19H2,1-2H3,(H,37,38)/t22-,28-/m1/s1. The van der Waals surface area contributed by atoms with Gasteiger partial charge in [-0.25, -0.2) is 0 Å². The maximum Gasteiger partial charge on any atom is 0.304 e. The molecule has 0 aliphatic carbocycles. The lowest BCUT2D eigenvalue weighted by atomic mass is 9.92. The number of hydrogen-bond acceptors (Lipinski definition) is 6.